The molecule has 1 N–H and O–H groups in total. The van der Waals surface area contributed by atoms with Gasteiger partial charge in [0, 0.05) is 12.6 Å². The van der Waals surface area contributed by atoms with Crippen LogP contribution in [-0.4, -0.2) is 7.05 Å². The van der Waals surface area contributed by atoms with Crippen LogP contribution in [0.3, 0.4) is 0 Å². The Balaban J connectivity index is 2.24. The molecular formula is C14H12BrF2NO. The Bertz CT molecular complexity index is 590. The summed E-state index contributed by atoms with van der Waals surface area (Å²) in [6, 6.07) is 8.73. The summed E-state index contributed by atoms with van der Waals surface area (Å²) >= 11 is 3.07. The quantitative estimate of drug-likeness (QED) is 0.906. The van der Waals surface area contributed by atoms with E-state index >= 15 is 0 Å². The van der Waals surface area contributed by atoms with Crippen LogP contribution >= 0.6 is 15.9 Å². The molecule has 0 heterocycles. The number of nitrogens with one attached hydrogen (secondary N) is 1. The van der Waals surface area contributed by atoms with Gasteiger partial charge in [-0.1, -0.05) is 0 Å². The van der Waals surface area contributed by atoms with E-state index in [-0.39, 0.29) is 11.6 Å². The Morgan fingerprint density at radius 3 is 2.58 bits per heavy atom. The maximum Gasteiger partial charge on any atom is 0.137 e. The highest BCUT2D eigenvalue weighted by Crippen LogP contribution is 2.27. The zero-order valence-electron chi connectivity index (χ0n) is 10.2. The molecule has 0 bridgehead atoms. The topological polar surface area (TPSA) is 21.3 Å². The van der Waals surface area contributed by atoms with E-state index in [1.165, 1.54) is 30.3 Å². The van der Waals surface area contributed by atoms with Gasteiger partial charge in [0.15, 0.2) is 0 Å². The fraction of sp³-hybridized carbons (Fsp3) is 0.143. The van der Waals surface area contributed by atoms with Gasteiger partial charge in [0.2, 0.25) is 0 Å². The Labute approximate surface area is 118 Å². The zero-order chi connectivity index (χ0) is 13.8. The summed E-state index contributed by atoms with van der Waals surface area (Å²) in [5.74, 6) is 0.0735. The minimum Gasteiger partial charge on any atom is -0.457 e. The second-order valence-corrected chi connectivity index (χ2v) is 4.86. The first-order valence-electron chi connectivity index (χ1n) is 5.65. The SMILES string of the molecule is CNCc1cc(F)cc(Oc2ccc(F)c(Br)c2)c1. The molecule has 0 atom stereocenters. The van der Waals surface area contributed by atoms with Crippen LogP contribution in [0.15, 0.2) is 40.9 Å². The Kier molecular flexibility index (Phi) is 4.50. The highest BCUT2D eigenvalue weighted by atomic mass is 79.9. The van der Waals surface area contributed by atoms with Crippen molar-refractivity contribution in [3.8, 4) is 11.5 Å². The van der Waals surface area contributed by atoms with Crippen molar-refractivity contribution < 1.29 is 13.5 Å². The first-order chi connectivity index (χ1) is 9.08. The smallest absolute Gasteiger partial charge is 0.137 e. The van der Waals surface area contributed by atoms with E-state index in [4.69, 9.17) is 4.74 Å². The normalized spacial score (nSPS) is 10.5. The Hall–Kier alpha value is -1.46. The first-order valence-corrected chi connectivity index (χ1v) is 6.45. The van der Waals surface area contributed by atoms with Crippen LogP contribution in [0.1, 0.15) is 5.56 Å². The molecule has 19 heavy (non-hydrogen) atoms. The van der Waals surface area contributed by atoms with Gasteiger partial charge < -0.3 is 10.1 Å². The predicted molar refractivity (Wildman–Crippen MR) is 73.3 cm³/mol. The third kappa shape index (κ3) is 3.75. The minimum absolute atomic E-state index is 0.303. The number of rotatable bonds is 4. The highest BCUT2D eigenvalue weighted by Gasteiger charge is 2.05. The molecule has 0 aliphatic heterocycles. The van der Waals surface area contributed by atoms with Crippen molar-refractivity contribution in [2.24, 2.45) is 0 Å². The van der Waals surface area contributed by atoms with Crippen molar-refractivity contribution in [3.05, 3.63) is 58.1 Å². The van der Waals surface area contributed by atoms with Crippen LogP contribution < -0.4 is 10.1 Å². The van der Waals surface area contributed by atoms with Crippen molar-refractivity contribution in [3.63, 3.8) is 0 Å². The third-order valence-electron chi connectivity index (χ3n) is 2.44. The maximum atomic E-state index is 13.4. The summed E-state index contributed by atoms with van der Waals surface area (Å²) in [6.45, 7) is 0.543. The molecule has 0 fully saturated rings. The standard InChI is InChI=1S/C14H12BrF2NO/c1-18-8-9-4-10(16)6-12(5-9)19-11-2-3-14(17)13(15)7-11/h2-7,18H,8H2,1H3. The molecular weight excluding hydrogens is 316 g/mol. The number of hydrogen-bond acceptors (Lipinski definition) is 2. The maximum absolute atomic E-state index is 13.4. The van der Waals surface area contributed by atoms with E-state index < -0.39 is 0 Å². The molecule has 5 heteroatoms. The molecule has 100 valence electrons. The summed E-state index contributed by atoms with van der Waals surface area (Å²) in [5, 5.41) is 2.94. The van der Waals surface area contributed by atoms with Gasteiger partial charge in [-0.2, -0.15) is 0 Å². The first kappa shape index (κ1) is 14.0. The second-order valence-electron chi connectivity index (χ2n) is 4.00. The molecule has 0 spiro atoms. The van der Waals surface area contributed by atoms with Crippen molar-refractivity contribution in [1.29, 1.82) is 0 Å². The van der Waals surface area contributed by atoms with E-state index in [9.17, 15) is 8.78 Å². The van der Waals surface area contributed by atoms with Crippen LogP contribution in [0.25, 0.3) is 0 Å². The van der Waals surface area contributed by atoms with E-state index in [0.29, 0.717) is 22.5 Å². The molecule has 2 aromatic carbocycles. The summed E-state index contributed by atoms with van der Waals surface area (Å²) < 4.78 is 32.3. The highest BCUT2D eigenvalue weighted by molar-refractivity contribution is 9.10. The van der Waals surface area contributed by atoms with Gasteiger partial charge in [-0.15, -0.1) is 0 Å². The zero-order valence-corrected chi connectivity index (χ0v) is 11.8. The van der Waals surface area contributed by atoms with Gasteiger partial charge in [-0.25, -0.2) is 8.78 Å². The molecule has 2 aromatic rings. The van der Waals surface area contributed by atoms with E-state index in [0.717, 1.165) is 5.56 Å². The van der Waals surface area contributed by atoms with Gasteiger partial charge in [-0.05, 0) is 58.9 Å². The van der Waals surface area contributed by atoms with E-state index in [1.54, 1.807) is 13.1 Å². The average molecular weight is 328 g/mol. The van der Waals surface area contributed by atoms with Gasteiger partial charge in [0.05, 0.1) is 4.47 Å². The molecule has 0 aliphatic rings. The predicted octanol–water partition coefficient (Wildman–Crippen LogP) is 4.24. The fourth-order valence-electron chi connectivity index (χ4n) is 1.66. The fourth-order valence-corrected chi connectivity index (χ4v) is 2.02. The average Bonchev–Trinajstić information content (AvgIpc) is 2.33. The van der Waals surface area contributed by atoms with Gasteiger partial charge >= 0.3 is 0 Å². The molecule has 0 aliphatic carbocycles. The van der Waals surface area contributed by atoms with Crippen LogP contribution in [0.2, 0.25) is 0 Å². The number of ether oxygens (including phenoxy) is 1. The lowest BCUT2D eigenvalue weighted by atomic mass is 10.2. The van der Waals surface area contributed by atoms with Crippen LogP contribution in [0.4, 0.5) is 8.78 Å². The van der Waals surface area contributed by atoms with Gasteiger partial charge in [0.25, 0.3) is 0 Å². The monoisotopic (exact) mass is 327 g/mol. The van der Waals surface area contributed by atoms with Crippen molar-refractivity contribution in [1.82, 2.24) is 5.32 Å². The van der Waals surface area contributed by atoms with E-state index in [2.05, 4.69) is 21.2 Å². The van der Waals surface area contributed by atoms with Gasteiger partial charge in [0.1, 0.15) is 23.1 Å². The Morgan fingerprint density at radius 1 is 1.11 bits per heavy atom. The molecule has 0 aromatic heterocycles. The Morgan fingerprint density at radius 2 is 1.89 bits per heavy atom. The number of halogens is 3. The third-order valence-corrected chi connectivity index (χ3v) is 3.05. The van der Waals surface area contributed by atoms with Crippen molar-refractivity contribution in [2.45, 2.75) is 6.54 Å². The molecule has 0 amide bonds. The lowest BCUT2D eigenvalue weighted by Crippen LogP contribution is -2.05. The lowest BCUT2D eigenvalue weighted by Gasteiger charge is -2.09. The van der Waals surface area contributed by atoms with Crippen LogP contribution in [-0.2, 0) is 6.54 Å². The summed E-state index contributed by atoms with van der Waals surface area (Å²) in [6.07, 6.45) is 0. The number of benzene rings is 2. The lowest BCUT2D eigenvalue weighted by molar-refractivity contribution is 0.473. The summed E-state index contributed by atoms with van der Waals surface area (Å²) in [7, 11) is 1.78. The molecule has 0 radical (unpaired) electrons. The molecule has 0 saturated carbocycles. The summed E-state index contributed by atoms with van der Waals surface area (Å²) in [5.41, 5.74) is 0.777. The van der Waals surface area contributed by atoms with Crippen LogP contribution in [0.5, 0.6) is 11.5 Å². The second kappa shape index (κ2) is 6.12. The minimum atomic E-state index is -0.373. The largest absolute Gasteiger partial charge is 0.457 e. The van der Waals surface area contributed by atoms with Gasteiger partial charge in [-0.3, -0.25) is 0 Å². The molecule has 2 nitrogen and oxygen atoms in total. The van der Waals surface area contributed by atoms with Crippen LogP contribution in [0, 0.1) is 11.6 Å². The molecule has 2 rings (SSSR count). The molecule has 0 saturated heterocycles. The number of hydrogen-bond donors (Lipinski definition) is 1. The molecule has 0 unspecified atom stereocenters. The van der Waals surface area contributed by atoms with E-state index in [1.807, 2.05) is 0 Å². The summed E-state index contributed by atoms with van der Waals surface area (Å²) in [4.78, 5) is 0. The van der Waals surface area contributed by atoms with Crippen molar-refractivity contribution >= 4 is 15.9 Å². The van der Waals surface area contributed by atoms with Crippen molar-refractivity contribution in [2.75, 3.05) is 7.05 Å².